The number of nitrogens with zero attached hydrogens (tertiary/aromatic N) is 2. The Morgan fingerprint density at radius 3 is 2.00 bits per heavy atom. The van der Waals surface area contributed by atoms with E-state index in [9.17, 15) is 0 Å². The van der Waals surface area contributed by atoms with Crippen LogP contribution in [0.15, 0.2) is 42.5 Å². The molecule has 0 aromatic heterocycles. The summed E-state index contributed by atoms with van der Waals surface area (Å²) in [6.07, 6.45) is 0. The molecule has 0 fully saturated rings. The van der Waals surface area contributed by atoms with E-state index in [-0.39, 0.29) is 0 Å². The highest BCUT2D eigenvalue weighted by molar-refractivity contribution is 6.33. The summed E-state index contributed by atoms with van der Waals surface area (Å²) in [5.74, 6) is 0. The molecule has 0 saturated carbocycles. The first-order chi connectivity index (χ1) is 8.99. The molecule has 0 N–H and O–H groups in total. The number of hydrogen-bond donors (Lipinski definition) is 0. The Morgan fingerprint density at radius 2 is 1.42 bits per heavy atom. The average molecular weight is 275 g/mol. The second-order valence-electron chi connectivity index (χ2n) is 5.00. The van der Waals surface area contributed by atoms with Gasteiger partial charge in [0.25, 0.3) is 0 Å². The molecule has 0 spiro atoms. The Kier molecular flexibility index (Phi) is 4.01. The highest BCUT2D eigenvalue weighted by Crippen LogP contribution is 2.32. The van der Waals surface area contributed by atoms with Gasteiger partial charge in [0.05, 0.1) is 5.02 Å². The number of anilines is 2. The van der Waals surface area contributed by atoms with Gasteiger partial charge in [0.15, 0.2) is 0 Å². The number of halogens is 1. The highest BCUT2D eigenvalue weighted by atomic mass is 35.5. The summed E-state index contributed by atoms with van der Waals surface area (Å²) >= 11 is 6.40. The topological polar surface area (TPSA) is 6.48 Å². The first kappa shape index (κ1) is 13.8. The monoisotopic (exact) mass is 274 g/mol. The van der Waals surface area contributed by atoms with E-state index in [1.807, 2.05) is 39.2 Å². The van der Waals surface area contributed by atoms with E-state index in [2.05, 4.69) is 41.3 Å². The first-order valence-corrected chi connectivity index (χ1v) is 6.61. The lowest BCUT2D eigenvalue weighted by Gasteiger charge is -2.16. The number of hydrogen-bond acceptors (Lipinski definition) is 2. The van der Waals surface area contributed by atoms with Crippen LogP contribution in [0.1, 0.15) is 0 Å². The van der Waals surface area contributed by atoms with E-state index in [4.69, 9.17) is 11.6 Å². The molecule has 0 amide bonds. The zero-order valence-electron chi connectivity index (χ0n) is 11.8. The van der Waals surface area contributed by atoms with Crippen LogP contribution in [0.4, 0.5) is 11.4 Å². The largest absolute Gasteiger partial charge is 0.378 e. The van der Waals surface area contributed by atoms with Crippen molar-refractivity contribution in [2.75, 3.05) is 38.0 Å². The van der Waals surface area contributed by atoms with Crippen molar-refractivity contribution in [3.05, 3.63) is 47.5 Å². The van der Waals surface area contributed by atoms with Gasteiger partial charge in [0, 0.05) is 45.1 Å². The molecule has 0 bridgehead atoms. The van der Waals surface area contributed by atoms with Crippen LogP contribution in [-0.2, 0) is 0 Å². The third kappa shape index (κ3) is 3.02. The second-order valence-corrected chi connectivity index (χ2v) is 5.41. The molecule has 3 heteroatoms. The summed E-state index contributed by atoms with van der Waals surface area (Å²) in [6.45, 7) is 0. The van der Waals surface area contributed by atoms with Crippen LogP contribution >= 0.6 is 11.6 Å². The van der Waals surface area contributed by atoms with Crippen molar-refractivity contribution in [3.8, 4) is 11.1 Å². The van der Waals surface area contributed by atoms with E-state index in [0.717, 1.165) is 21.8 Å². The fourth-order valence-corrected chi connectivity index (χ4v) is 2.25. The van der Waals surface area contributed by atoms with Gasteiger partial charge in [0.2, 0.25) is 0 Å². The van der Waals surface area contributed by atoms with E-state index in [0.29, 0.717) is 0 Å². The predicted octanol–water partition coefficient (Wildman–Crippen LogP) is 4.14. The minimum absolute atomic E-state index is 0.780. The van der Waals surface area contributed by atoms with Crippen LogP contribution in [0.2, 0.25) is 5.02 Å². The van der Waals surface area contributed by atoms with E-state index < -0.39 is 0 Å². The van der Waals surface area contributed by atoms with Gasteiger partial charge >= 0.3 is 0 Å². The standard InChI is InChI=1S/C16H19ClN2/c1-18(2)13-7-5-6-12(10-13)15-9-8-14(19(3)4)11-16(15)17/h5-11H,1-4H3. The van der Waals surface area contributed by atoms with Crippen LogP contribution < -0.4 is 9.80 Å². The highest BCUT2D eigenvalue weighted by Gasteiger charge is 2.07. The molecule has 2 nitrogen and oxygen atoms in total. The average Bonchev–Trinajstić information content (AvgIpc) is 2.38. The SMILES string of the molecule is CN(C)c1cccc(-c2ccc(N(C)C)cc2Cl)c1. The maximum Gasteiger partial charge on any atom is 0.0505 e. The molecule has 0 aliphatic heterocycles. The Hall–Kier alpha value is -1.67. The molecule has 100 valence electrons. The van der Waals surface area contributed by atoms with Gasteiger partial charge in [-0.15, -0.1) is 0 Å². The summed E-state index contributed by atoms with van der Waals surface area (Å²) in [5.41, 5.74) is 4.49. The van der Waals surface area contributed by atoms with Crippen LogP contribution in [-0.4, -0.2) is 28.2 Å². The molecule has 0 unspecified atom stereocenters. The van der Waals surface area contributed by atoms with Gasteiger partial charge in [-0.3, -0.25) is 0 Å². The summed E-state index contributed by atoms with van der Waals surface area (Å²) in [4.78, 5) is 4.14. The number of benzene rings is 2. The quantitative estimate of drug-likeness (QED) is 0.830. The molecular formula is C16H19ClN2. The summed E-state index contributed by atoms with van der Waals surface area (Å²) in [7, 11) is 8.10. The van der Waals surface area contributed by atoms with Gasteiger partial charge in [0.1, 0.15) is 0 Å². The maximum absolute atomic E-state index is 6.40. The van der Waals surface area contributed by atoms with Gasteiger partial charge in [-0.05, 0) is 29.8 Å². The van der Waals surface area contributed by atoms with Gasteiger partial charge < -0.3 is 9.80 Å². The van der Waals surface area contributed by atoms with Crippen LogP contribution in [0.3, 0.4) is 0 Å². The normalized spacial score (nSPS) is 10.4. The minimum atomic E-state index is 0.780. The molecule has 0 saturated heterocycles. The fraction of sp³-hybridized carbons (Fsp3) is 0.250. The van der Waals surface area contributed by atoms with Crippen LogP contribution in [0.5, 0.6) is 0 Å². The Balaban J connectivity index is 2.44. The van der Waals surface area contributed by atoms with Crippen molar-refractivity contribution < 1.29 is 0 Å². The number of rotatable bonds is 3. The van der Waals surface area contributed by atoms with Crippen molar-refractivity contribution >= 4 is 23.0 Å². The molecule has 0 atom stereocenters. The molecule has 0 aliphatic carbocycles. The van der Waals surface area contributed by atoms with Gasteiger partial charge in [-0.2, -0.15) is 0 Å². The lowest BCUT2D eigenvalue weighted by Crippen LogP contribution is -2.08. The van der Waals surface area contributed by atoms with E-state index in [1.54, 1.807) is 0 Å². The summed E-state index contributed by atoms with van der Waals surface area (Å²) in [5, 5.41) is 0.780. The Morgan fingerprint density at radius 1 is 0.789 bits per heavy atom. The van der Waals surface area contributed by atoms with E-state index in [1.165, 1.54) is 5.69 Å². The van der Waals surface area contributed by atoms with Gasteiger partial charge in [-0.1, -0.05) is 29.8 Å². The second kappa shape index (κ2) is 5.54. The fourth-order valence-electron chi connectivity index (χ4n) is 1.97. The van der Waals surface area contributed by atoms with Crippen molar-refractivity contribution in [2.24, 2.45) is 0 Å². The molecular weight excluding hydrogens is 256 g/mol. The Labute approximate surface area is 120 Å². The first-order valence-electron chi connectivity index (χ1n) is 6.23. The zero-order valence-corrected chi connectivity index (χ0v) is 12.6. The lowest BCUT2D eigenvalue weighted by molar-refractivity contribution is 1.13. The lowest BCUT2D eigenvalue weighted by atomic mass is 10.0. The van der Waals surface area contributed by atoms with Crippen molar-refractivity contribution in [2.45, 2.75) is 0 Å². The third-order valence-corrected chi connectivity index (χ3v) is 3.46. The van der Waals surface area contributed by atoms with E-state index >= 15 is 0 Å². The minimum Gasteiger partial charge on any atom is -0.378 e. The molecule has 2 rings (SSSR count). The molecule has 0 radical (unpaired) electrons. The Bertz CT molecular complexity index is 577. The van der Waals surface area contributed by atoms with Crippen molar-refractivity contribution in [1.82, 2.24) is 0 Å². The molecule has 0 heterocycles. The summed E-state index contributed by atoms with van der Waals surface area (Å²) in [6, 6.07) is 14.5. The smallest absolute Gasteiger partial charge is 0.0505 e. The zero-order chi connectivity index (χ0) is 14.0. The molecule has 19 heavy (non-hydrogen) atoms. The van der Waals surface area contributed by atoms with Crippen LogP contribution in [0.25, 0.3) is 11.1 Å². The molecule has 2 aromatic carbocycles. The summed E-state index contributed by atoms with van der Waals surface area (Å²) < 4.78 is 0. The molecule has 2 aromatic rings. The molecule has 0 aliphatic rings. The maximum atomic E-state index is 6.40. The van der Waals surface area contributed by atoms with Gasteiger partial charge in [-0.25, -0.2) is 0 Å². The van der Waals surface area contributed by atoms with Crippen molar-refractivity contribution in [1.29, 1.82) is 0 Å². The third-order valence-electron chi connectivity index (χ3n) is 3.14. The van der Waals surface area contributed by atoms with Crippen LogP contribution in [0, 0.1) is 0 Å². The predicted molar refractivity (Wildman–Crippen MR) is 85.5 cm³/mol. The van der Waals surface area contributed by atoms with Crippen molar-refractivity contribution in [3.63, 3.8) is 0 Å².